The van der Waals surface area contributed by atoms with Gasteiger partial charge in [-0.3, -0.25) is 4.90 Å². The Morgan fingerprint density at radius 3 is 2.43 bits per heavy atom. The number of hydrogen-bond acceptors (Lipinski definition) is 3. The van der Waals surface area contributed by atoms with Gasteiger partial charge in [-0.15, -0.1) is 0 Å². The van der Waals surface area contributed by atoms with E-state index in [0.717, 1.165) is 10.0 Å². The van der Waals surface area contributed by atoms with Gasteiger partial charge in [-0.05, 0) is 51.3 Å². The van der Waals surface area contributed by atoms with E-state index in [4.69, 9.17) is 4.74 Å². The summed E-state index contributed by atoms with van der Waals surface area (Å²) in [6.07, 6.45) is 0.374. The maximum atomic E-state index is 12.8. The van der Waals surface area contributed by atoms with Gasteiger partial charge in [0.15, 0.2) is 0 Å². The van der Waals surface area contributed by atoms with Gasteiger partial charge in [0.1, 0.15) is 11.1 Å². The second-order valence-electron chi connectivity index (χ2n) is 6.87. The van der Waals surface area contributed by atoms with Gasteiger partial charge in [0, 0.05) is 17.4 Å². The van der Waals surface area contributed by atoms with Crippen molar-refractivity contribution in [2.24, 2.45) is 0 Å². The summed E-state index contributed by atoms with van der Waals surface area (Å²) in [5.74, 6) is -0.465. The third kappa shape index (κ3) is 4.05. The molecule has 1 N–H and O–H groups in total. The molecule has 0 unspecified atom stereocenters. The van der Waals surface area contributed by atoms with Gasteiger partial charge in [-0.1, -0.05) is 28.1 Å². The van der Waals surface area contributed by atoms with Crippen molar-refractivity contribution < 1.29 is 19.4 Å². The Balaban J connectivity index is 2.36. The Morgan fingerprint density at radius 1 is 1.30 bits per heavy atom. The predicted octanol–water partition coefficient (Wildman–Crippen LogP) is 3.85. The minimum atomic E-state index is -1.15. The van der Waals surface area contributed by atoms with Crippen LogP contribution in [0.3, 0.4) is 0 Å². The minimum Gasteiger partial charge on any atom is -0.465 e. The van der Waals surface area contributed by atoms with Gasteiger partial charge in [0.2, 0.25) is 0 Å². The number of hydrogen-bond donors (Lipinski definition) is 1. The normalized spacial score (nSPS) is 21.3. The fourth-order valence-electron chi connectivity index (χ4n) is 2.94. The van der Waals surface area contributed by atoms with Crippen molar-refractivity contribution in [3.05, 3.63) is 34.3 Å². The van der Waals surface area contributed by atoms with E-state index in [1.807, 2.05) is 24.3 Å². The molecule has 6 heteroatoms. The van der Waals surface area contributed by atoms with Crippen LogP contribution in [0.15, 0.2) is 28.7 Å². The number of carbonyl (C=O) groups is 2. The molecule has 1 aliphatic heterocycles. The maximum Gasteiger partial charge on any atom is 0.408 e. The van der Waals surface area contributed by atoms with Crippen molar-refractivity contribution in [2.75, 3.05) is 6.54 Å². The average Bonchev–Trinajstić information content (AvgIpc) is 2.85. The van der Waals surface area contributed by atoms with Crippen LogP contribution < -0.4 is 0 Å². The Hall–Kier alpha value is -1.56. The van der Waals surface area contributed by atoms with Gasteiger partial charge in [-0.25, -0.2) is 9.59 Å². The number of carboxylic acid groups (broad SMARTS) is 1. The molecule has 1 heterocycles. The number of rotatable bonds is 3. The Kier molecular flexibility index (Phi) is 5.04. The standard InChI is InChI=1S/C17H22BrNO4/c1-16(2,3)23-14(20)17(9-4-10-19(17)15(21)22)11-12-5-7-13(18)8-6-12/h5-8H,4,9-11H2,1-3H3,(H,21,22)/t17-/m1/s1. The van der Waals surface area contributed by atoms with Crippen LogP contribution in [0.2, 0.25) is 0 Å². The first-order valence-corrected chi connectivity index (χ1v) is 8.42. The lowest BCUT2D eigenvalue weighted by atomic mass is 9.88. The van der Waals surface area contributed by atoms with Crippen LogP contribution in [-0.4, -0.2) is 39.8 Å². The lowest BCUT2D eigenvalue weighted by Gasteiger charge is -2.37. The second kappa shape index (κ2) is 6.51. The number of carbonyl (C=O) groups excluding carboxylic acids is 1. The van der Waals surface area contributed by atoms with Crippen LogP contribution in [0.1, 0.15) is 39.2 Å². The maximum absolute atomic E-state index is 12.8. The number of halogens is 1. The van der Waals surface area contributed by atoms with Crippen LogP contribution in [0.5, 0.6) is 0 Å². The molecule has 1 saturated heterocycles. The number of amides is 1. The molecule has 5 nitrogen and oxygen atoms in total. The molecule has 0 bridgehead atoms. The molecule has 0 radical (unpaired) electrons. The molecule has 1 aromatic carbocycles. The van der Waals surface area contributed by atoms with Crippen molar-refractivity contribution >= 4 is 28.0 Å². The van der Waals surface area contributed by atoms with E-state index in [9.17, 15) is 14.7 Å². The van der Waals surface area contributed by atoms with Crippen LogP contribution in [0, 0.1) is 0 Å². The molecule has 1 amide bonds. The molecular formula is C17H22BrNO4. The summed E-state index contributed by atoms with van der Waals surface area (Å²) in [5.41, 5.74) is -0.893. The summed E-state index contributed by atoms with van der Waals surface area (Å²) in [7, 11) is 0. The molecule has 0 aliphatic carbocycles. The topological polar surface area (TPSA) is 66.8 Å². The fourth-order valence-corrected chi connectivity index (χ4v) is 3.20. The first-order chi connectivity index (χ1) is 10.6. The highest BCUT2D eigenvalue weighted by molar-refractivity contribution is 9.10. The smallest absolute Gasteiger partial charge is 0.408 e. The second-order valence-corrected chi connectivity index (χ2v) is 7.79. The van der Waals surface area contributed by atoms with Gasteiger partial charge in [-0.2, -0.15) is 0 Å². The summed E-state index contributed by atoms with van der Waals surface area (Å²) in [5, 5.41) is 9.53. The molecule has 0 saturated carbocycles. The lowest BCUT2D eigenvalue weighted by Crippen LogP contribution is -2.56. The van der Waals surface area contributed by atoms with E-state index in [0.29, 0.717) is 25.8 Å². The van der Waals surface area contributed by atoms with Crippen LogP contribution in [0.25, 0.3) is 0 Å². The summed E-state index contributed by atoms with van der Waals surface area (Å²) in [6, 6.07) is 7.57. The SMILES string of the molecule is CC(C)(C)OC(=O)[C@]1(Cc2ccc(Br)cc2)CCCN1C(=O)O. The number of nitrogens with zero attached hydrogens (tertiary/aromatic N) is 1. The van der Waals surface area contributed by atoms with Crippen LogP contribution >= 0.6 is 15.9 Å². The van der Waals surface area contributed by atoms with Crippen LogP contribution in [-0.2, 0) is 16.0 Å². The van der Waals surface area contributed by atoms with Gasteiger partial charge in [0.05, 0.1) is 0 Å². The van der Waals surface area contributed by atoms with E-state index in [1.54, 1.807) is 20.8 Å². The van der Waals surface area contributed by atoms with Gasteiger partial charge < -0.3 is 9.84 Å². The van der Waals surface area contributed by atoms with Crippen molar-refractivity contribution in [3.63, 3.8) is 0 Å². The zero-order valence-electron chi connectivity index (χ0n) is 13.6. The molecule has 1 atom stereocenters. The van der Waals surface area contributed by atoms with Crippen molar-refractivity contribution in [1.29, 1.82) is 0 Å². The largest absolute Gasteiger partial charge is 0.465 e. The molecule has 1 fully saturated rings. The highest BCUT2D eigenvalue weighted by Gasteiger charge is 2.52. The molecule has 1 aliphatic rings. The first-order valence-electron chi connectivity index (χ1n) is 7.62. The molecule has 1 aromatic rings. The van der Waals surface area contributed by atoms with Crippen LogP contribution in [0.4, 0.5) is 4.79 Å². The minimum absolute atomic E-state index is 0.321. The molecule has 0 spiro atoms. The Bertz CT molecular complexity index is 594. The number of ether oxygens (including phenoxy) is 1. The van der Waals surface area contributed by atoms with E-state index in [2.05, 4.69) is 15.9 Å². The van der Waals surface area contributed by atoms with E-state index in [-0.39, 0.29) is 0 Å². The Labute approximate surface area is 144 Å². The zero-order chi connectivity index (χ0) is 17.3. The van der Waals surface area contributed by atoms with Crippen molar-refractivity contribution in [2.45, 2.75) is 51.2 Å². The highest BCUT2D eigenvalue weighted by atomic mass is 79.9. The summed E-state index contributed by atoms with van der Waals surface area (Å²) in [4.78, 5) is 25.7. The van der Waals surface area contributed by atoms with E-state index < -0.39 is 23.2 Å². The third-order valence-corrected chi connectivity index (χ3v) is 4.44. The number of likely N-dealkylation sites (tertiary alicyclic amines) is 1. The van der Waals surface area contributed by atoms with Gasteiger partial charge >= 0.3 is 12.1 Å². The number of benzene rings is 1. The van der Waals surface area contributed by atoms with Crippen molar-refractivity contribution in [3.8, 4) is 0 Å². The van der Waals surface area contributed by atoms with E-state index >= 15 is 0 Å². The quantitative estimate of drug-likeness (QED) is 0.804. The molecular weight excluding hydrogens is 362 g/mol. The lowest BCUT2D eigenvalue weighted by molar-refractivity contribution is -0.167. The first kappa shape index (κ1) is 17.8. The third-order valence-electron chi connectivity index (χ3n) is 3.91. The fraction of sp³-hybridized carbons (Fsp3) is 0.529. The summed E-state index contributed by atoms with van der Waals surface area (Å²) < 4.78 is 6.49. The van der Waals surface area contributed by atoms with Gasteiger partial charge in [0.25, 0.3) is 0 Å². The molecule has 23 heavy (non-hydrogen) atoms. The molecule has 126 valence electrons. The summed E-state index contributed by atoms with van der Waals surface area (Å²) >= 11 is 3.38. The average molecular weight is 384 g/mol. The highest BCUT2D eigenvalue weighted by Crippen LogP contribution is 2.35. The summed E-state index contributed by atoms with van der Waals surface area (Å²) in [6.45, 7) is 5.72. The number of esters is 1. The van der Waals surface area contributed by atoms with Crippen molar-refractivity contribution in [1.82, 2.24) is 4.90 Å². The molecule has 2 rings (SSSR count). The monoisotopic (exact) mass is 383 g/mol. The Morgan fingerprint density at radius 2 is 1.91 bits per heavy atom. The predicted molar refractivity (Wildman–Crippen MR) is 90.4 cm³/mol. The van der Waals surface area contributed by atoms with E-state index in [1.165, 1.54) is 4.90 Å². The zero-order valence-corrected chi connectivity index (χ0v) is 15.2. The molecule has 0 aromatic heterocycles.